The van der Waals surface area contributed by atoms with E-state index in [4.69, 9.17) is 0 Å². The van der Waals surface area contributed by atoms with Crippen molar-refractivity contribution in [3.8, 4) is 0 Å². The molecule has 0 bridgehead atoms. The largest absolute Gasteiger partial charge is 0.416 e. The van der Waals surface area contributed by atoms with Crippen LogP contribution in [-0.4, -0.2) is 23.7 Å². The molecule has 0 saturated heterocycles. The summed E-state index contributed by atoms with van der Waals surface area (Å²) in [5.74, 6) is 0.689. The molecular weight excluding hydrogens is 431 g/mol. The molecule has 0 saturated carbocycles. The number of halogens is 3. The Balaban J connectivity index is 1.87. The number of nitrogens with zero attached hydrogens (tertiary/aromatic N) is 5. The summed E-state index contributed by atoms with van der Waals surface area (Å²) in [7, 11) is 1.73. The maximum atomic E-state index is 13.2. The van der Waals surface area contributed by atoms with Crippen molar-refractivity contribution in [2.45, 2.75) is 46.0 Å². The van der Waals surface area contributed by atoms with Gasteiger partial charge in [-0.3, -0.25) is 13.9 Å². The molecule has 4 aromatic rings. The van der Waals surface area contributed by atoms with E-state index >= 15 is 0 Å². The molecule has 0 unspecified atom stereocenters. The zero-order valence-electron chi connectivity index (χ0n) is 17.2. The monoisotopic (exact) mass is 451 g/mol. The Bertz CT molecular complexity index is 1410. The minimum Gasteiger partial charge on any atom is -0.325 e. The van der Waals surface area contributed by atoms with E-state index in [2.05, 4.69) is 9.97 Å². The molecule has 7 nitrogen and oxygen atoms in total. The molecule has 0 aliphatic rings. The molecule has 0 fully saturated rings. The molecule has 3 heterocycles. The summed E-state index contributed by atoms with van der Waals surface area (Å²) >= 11 is 1.16. The lowest BCUT2D eigenvalue weighted by Gasteiger charge is -2.10. The summed E-state index contributed by atoms with van der Waals surface area (Å²) in [6.45, 7) is 4.11. The highest BCUT2D eigenvalue weighted by Crippen LogP contribution is 2.33. The highest BCUT2D eigenvalue weighted by atomic mass is 32.1. The molecule has 0 N–H and O–H groups in total. The van der Waals surface area contributed by atoms with E-state index in [1.165, 1.54) is 10.6 Å². The summed E-state index contributed by atoms with van der Waals surface area (Å²) in [4.78, 5) is 35.0. The number of aromatic nitrogens is 5. The van der Waals surface area contributed by atoms with Crippen LogP contribution in [0.3, 0.4) is 0 Å². The topological polar surface area (TPSA) is 74.7 Å². The quantitative estimate of drug-likeness (QED) is 0.465. The molecule has 1 aromatic carbocycles. The van der Waals surface area contributed by atoms with Crippen LogP contribution in [0.5, 0.6) is 0 Å². The zero-order chi connectivity index (χ0) is 22.5. The first-order valence-corrected chi connectivity index (χ1v) is 10.6. The number of hydrogen-bond acceptors (Lipinski definition) is 5. The third-order valence-electron chi connectivity index (χ3n) is 5.15. The van der Waals surface area contributed by atoms with Gasteiger partial charge in [-0.1, -0.05) is 13.8 Å². The predicted molar refractivity (Wildman–Crippen MR) is 113 cm³/mol. The Morgan fingerprint density at radius 2 is 1.84 bits per heavy atom. The molecule has 3 aromatic heterocycles. The maximum absolute atomic E-state index is 13.2. The van der Waals surface area contributed by atoms with E-state index in [9.17, 15) is 22.8 Å². The van der Waals surface area contributed by atoms with Crippen LogP contribution in [-0.2, 0) is 32.7 Å². The Morgan fingerprint density at radius 3 is 2.48 bits per heavy atom. The van der Waals surface area contributed by atoms with Gasteiger partial charge in [0.2, 0.25) is 0 Å². The van der Waals surface area contributed by atoms with Crippen LogP contribution in [0, 0.1) is 0 Å². The molecule has 0 aliphatic heterocycles. The Morgan fingerprint density at radius 1 is 1.10 bits per heavy atom. The van der Waals surface area contributed by atoms with Crippen LogP contribution in [0.2, 0.25) is 0 Å². The first kappa shape index (κ1) is 21.3. The second kappa shape index (κ2) is 7.63. The summed E-state index contributed by atoms with van der Waals surface area (Å²) in [6.07, 6.45) is -3.19. The van der Waals surface area contributed by atoms with Crippen molar-refractivity contribution in [1.82, 2.24) is 23.7 Å². The number of imidazole rings is 1. The second-order valence-corrected chi connectivity index (χ2v) is 8.34. The fourth-order valence-corrected chi connectivity index (χ4v) is 4.58. The van der Waals surface area contributed by atoms with E-state index in [-0.39, 0.29) is 12.1 Å². The van der Waals surface area contributed by atoms with E-state index in [1.54, 1.807) is 11.6 Å². The van der Waals surface area contributed by atoms with Crippen LogP contribution < -0.4 is 11.2 Å². The van der Waals surface area contributed by atoms with E-state index in [0.717, 1.165) is 28.0 Å². The van der Waals surface area contributed by atoms with Crippen molar-refractivity contribution in [2.24, 2.45) is 7.05 Å². The number of rotatable bonds is 5. The molecule has 0 spiro atoms. The average Bonchev–Trinajstić information content (AvgIpc) is 3.27. The fraction of sp³-hybridized carbons (Fsp3) is 0.400. The van der Waals surface area contributed by atoms with E-state index in [0.29, 0.717) is 46.1 Å². The minimum absolute atomic E-state index is 0.120. The minimum atomic E-state index is -4.47. The van der Waals surface area contributed by atoms with E-state index in [1.807, 2.05) is 13.8 Å². The van der Waals surface area contributed by atoms with Gasteiger partial charge < -0.3 is 4.57 Å². The maximum Gasteiger partial charge on any atom is 0.416 e. The van der Waals surface area contributed by atoms with Gasteiger partial charge in [-0.2, -0.15) is 13.2 Å². The molecule has 164 valence electrons. The van der Waals surface area contributed by atoms with Gasteiger partial charge in [-0.05, 0) is 24.6 Å². The molecule has 4 rings (SSSR count). The lowest BCUT2D eigenvalue weighted by molar-refractivity contribution is -0.137. The van der Waals surface area contributed by atoms with Crippen molar-refractivity contribution in [2.75, 3.05) is 0 Å². The number of aryl methyl sites for hydroxylation is 3. The van der Waals surface area contributed by atoms with Gasteiger partial charge in [-0.25, -0.2) is 14.8 Å². The van der Waals surface area contributed by atoms with Crippen molar-refractivity contribution in [1.29, 1.82) is 0 Å². The molecule has 0 amide bonds. The van der Waals surface area contributed by atoms with Crippen LogP contribution in [0.4, 0.5) is 13.2 Å². The number of fused-ring (bicyclic) bond motifs is 2. The summed E-state index contributed by atoms with van der Waals surface area (Å²) in [5, 5.41) is 0.383. The van der Waals surface area contributed by atoms with Gasteiger partial charge in [0, 0.05) is 20.0 Å². The van der Waals surface area contributed by atoms with Gasteiger partial charge in [0.05, 0.1) is 22.3 Å². The lowest BCUT2D eigenvalue weighted by atomic mass is 10.2. The molecule has 31 heavy (non-hydrogen) atoms. The van der Waals surface area contributed by atoms with Gasteiger partial charge in [0.1, 0.15) is 10.8 Å². The lowest BCUT2D eigenvalue weighted by Crippen LogP contribution is -2.40. The van der Waals surface area contributed by atoms with Gasteiger partial charge in [0.25, 0.3) is 5.56 Å². The third kappa shape index (κ3) is 3.56. The Kier molecular flexibility index (Phi) is 5.24. The smallest absolute Gasteiger partial charge is 0.325 e. The van der Waals surface area contributed by atoms with Crippen molar-refractivity contribution in [3.05, 3.63) is 55.4 Å². The second-order valence-electron chi connectivity index (χ2n) is 7.23. The molecule has 0 radical (unpaired) electrons. The van der Waals surface area contributed by atoms with E-state index < -0.39 is 23.0 Å². The van der Waals surface area contributed by atoms with Crippen molar-refractivity contribution >= 4 is 32.7 Å². The number of hydrogen-bond donors (Lipinski definition) is 0. The molecule has 11 heteroatoms. The zero-order valence-corrected chi connectivity index (χ0v) is 18.0. The summed E-state index contributed by atoms with van der Waals surface area (Å²) in [6, 6.07) is 3.33. The van der Waals surface area contributed by atoms with Crippen molar-refractivity contribution in [3.63, 3.8) is 0 Å². The van der Waals surface area contributed by atoms with Gasteiger partial charge in [0.15, 0.2) is 11.2 Å². The third-order valence-corrected chi connectivity index (χ3v) is 6.17. The SMILES string of the molecule is CCCn1c(=O)n(Cc2nc3cc(C(F)(F)F)ccc3s2)c(=O)c2c1nc(CC)n2C. The number of alkyl halides is 3. The highest BCUT2D eigenvalue weighted by Gasteiger charge is 2.31. The first-order valence-electron chi connectivity index (χ1n) is 9.81. The van der Waals surface area contributed by atoms with Gasteiger partial charge >= 0.3 is 11.9 Å². The van der Waals surface area contributed by atoms with Crippen molar-refractivity contribution < 1.29 is 13.2 Å². The van der Waals surface area contributed by atoms with Crippen LogP contribution in [0.25, 0.3) is 21.4 Å². The molecular formula is C20H20F3N5O2S. The van der Waals surface area contributed by atoms with Crippen LogP contribution in [0.15, 0.2) is 27.8 Å². The summed E-state index contributed by atoms with van der Waals surface area (Å²) < 4.78 is 43.8. The van der Waals surface area contributed by atoms with Crippen LogP contribution in [0.1, 0.15) is 36.7 Å². The average molecular weight is 451 g/mol. The fourth-order valence-electron chi connectivity index (χ4n) is 3.64. The molecule has 0 aliphatic carbocycles. The highest BCUT2D eigenvalue weighted by molar-refractivity contribution is 7.18. The standard InChI is InChI=1S/C20H20F3N5O2S/c1-4-8-27-17-16(26(3)14(5-2)25-17)18(29)28(19(27)30)10-15-24-12-9-11(20(21,22)23)6-7-13(12)31-15/h6-7,9H,4-5,8,10H2,1-3H3. The Labute approximate surface area is 178 Å². The van der Waals surface area contributed by atoms with Crippen LogP contribution >= 0.6 is 11.3 Å². The first-order chi connectivity index (χ1) is 14.7. The summed E-state index contributed by atoms with van der Waals surface area (Å²) in [5.41, 5.74) is -0.918. The Hall–Kier alpha value is -2.95. The van der Waals surface area contributed by atoms with Gasteiger partial charge in [-0.15, -0.1) is 11.3 Å². The number of thiazole rings is 1. The molecule has 0 atom stereocenters. The number of benzene rings is 1. The predicted octanol–water partition coefficient (Wildman–Crippen LogP) is 3.55. The normalized spacial score (nSPS) is 12.3.